The van der Waals surface area contributed by atoms with Crippen molar-refractivity contribution in [2.45, 2.75) is 12.5 Å². The summed E-state index contributed by atoms with van der Waals surface area (Å²) in [4.78, 5) is 28.3. The molecule has 2 amide bonds. The van der Waals surface area contributed by atoms with Gasteiger partial charge in [-0.3, -0.25) is 14.9 Å². The van der Waals surface area contributed by atoms with Crippen LogP contribution in [0.2, 0.25) is 0 Å². The zero-order valence-corrected chi connectivity index (χ0v) is 14.8. The van der Waals surface area contributed by atoms with E-state index in [2.05, 4.69) is 5.32 Å². The highest BCUT2D eigenvalue weighted by Gasteiger charge is 2.29. The van der Waals surface area contributed by atoms with Gasteiger partial charge in [0.2, 0.25) is 5.91 Å². The highest BCUT2D eigenvalue weighted by Crippen LogP contribution is 2.15. The third kappa shape index (κ3) is 4.85. The maximum atomic E-state index is 13.1. The van der Waals surface area contributed by atoms with Gasteiger partial charge in [-0.2, -0.15) is 0 Å². The monoisotopic (exact) mass is 367 g/mol. The van der Waals surface area contributed by atoms with Crippen molar-refractivity contribution < 1.29 is 18.7 Å². The van der Waals surface area contributed by atoms with Crippen LogP contribution < -0.4 is 10.1 Å². The molecule has 1 N–H and O–H groups in total. The summed E-state index contributed by atoms with van der Waals surface area (Å²) < 4.78 is 18.5. The summed E-state index contributed by atoms with van der Waals surface area (Å²) >= 11 is 1.72. The van der Waals surface area contributed by atoms with Gasteiger partial charge in [0.1, 0.15) is 11.6 Å². The van der Waals surface area contributed by atoms with Crippen LogP contribution in [0.4, 0.5) is 4.39 Å². The van der Waals surface area contributed by atoms with Gasteiger partial charge in [0.15, 0.2) is 6.61 Å². The van der Waals surface area contributed by atoms with Crippen LogP contribution in [-0.4, -0.2) is 72.1 Å². The summed E-state index contributed by atoms with van der Waals surface area (Å²) in [6.45, 7) is 2.17. The smallest absolute Gasteiger partial charge is 0.260 e. The second kappa shape index (κ2) is 8.53. The van der Waals surface area contributed by atoms with Gasteiger partial charge in [0, 0.05) is 43.9 Å². The van der Waals surface area contributed by atoms with Crippen LogP contribution in [0.3, 0.4) is 0 Å². The van der Waals surface area contributed by atoms with Gasteiger partial charge in [0.25, 0.3) is 5.91 Å². The Balaban J connectivity index is 1.48. The van der Waals surface area contributed by atoms with E-state index in [9.17, 15) is 14.0 Å². The number of rotatable bonds is 4. The van der Waals surface area contributed by atoms with Crippen molar-refractivity contribution in [3.8, 4) is 5.75 Å². The molecule has 0 radical (unpaired) electrons. The average Bonchev–Trinajstić information content (AvgIpc) is 3.03. The topological polar surface area (TPSA) is 61.9 Å². The molecule has 2 saturated heterocycles. The van der Waals surface area contributed by atoms with Crippen LogP contribution in [0.25, 0.3) is 0 Å². The van der Waals surface area contributed by atoms with E-state index in [1.54, 1.807) is 28.8 Å². The van der Waals surface area contributed by atoms with Crippen LogP contribution in [-0.2, 0) is 9.59 Å². The molecule has 0 bridgehead atoms. The lowest BCUT2D eigenvalue weighted by Crippen LogP contribution is -2.46. The van der Waals surface area contributed by atoms with Gasteiger partial charge in [-0.15, -0.1) is 11.8 Å². The molecular formula is C17H22FN3O3S. The zero-order chi connectivity index (χ0) is 17.6. The molecule has 1 unspecified atom stereocenters. The number of nitrogens with one attached hydrogen (secondary N) is 1. The summed E-state index contributed by atoms with van der Waals surface area (Å²) in [5.41, 5.74) is 0. The third-order valence-corrected chi connectivity index (χ3v) is 5.27. The van der Waals surface area contributed by atoms with E-state index in [4.69, 9.17) is 4.74 Å². The van der Waals surface area contributed by atoms with Gasteiger partial charge in [-0.05, 0) is 18.6 Å². The van der Waals surface area contributed by atoms with Crippen LogP contribution in [0, 0.1) is 5.82 Å². The van der Waals surface area contributed by atoms with E-state index in [0.717, 1.165) is 18.1 Å². The first-order valence-electron chi connectivity index (χ1n) is 8.39. The number of thioether (sulfide) groups is 1. The van der Waals surface area contributed by atoms with Crippen LogP contribution in [0.15, 0.2) is 24.3 Å². The largest absolute Gasteiger partial charge is 0.484 e. The predicted octanol–water partition coefficient (Wildman–Crippen LogP) is 0.928. The van der Waals surface area contributed by atoms with Crippen molar-refractivity contribution in [2.24, 2.45) is 0 Å². The molecule has 0 aromatic heterocycles. The quantitative estimate of drug-likeness (QED) is 0.858. The van der Waals surface area contributed by atoms with Gasteiger partial charge < -0.3 is 14.5 Å². The van der Waals surface area contributed by atoms with E-state index in [-0.39, 0.29) is 24.5 Å². The number of nitrogens with zero attached hydrogens (tertiary/aromatic N) is 2. The van der Waals surface area contributed by atoms with E-state index in [1.807, 2.05) is 4.90 Å². The Labute approximate surface area is 150 Å². The molecular weight excluding hydrogens is 345 g/mol. The maximum absolute atomic E-state index is 13.1. The molecule has 2 fully saturated rings. The lowest BCUT2D eigenvalue weighted by atomic mass is 10.2. The average molecular weight is 367 g/mol. The summed E-state index contributed by atoms with van der Waals surface area (Å²) in [7, 11) is 0. The minimum absolute atomic E-state index is 0.108. The standard InChI is InChI=1S/C17H22FN3O3S/c18-13-3-1-4-14(9-13)24-10-16(22)20-5-2-6-21(8-7-20)17(23)15-11-25-12-19-15/h1,3-4,9,15,19H,2,5-8,10-12H2. The number of carbonyl (C=O) groups is 2. The van der Waals surface area contributed by atoms with Gasteiger partial charge >= 0.3 is 0 Å². The van der Waals surface area contributed by atoms with E-state index in [0.29, 0.717) is 31.9 Å². The van der Waals surface area contributed by atoms with Crippen molar-refractivity contribution in [1.29, 1.82) is 0 Å². The lowest BCUT2D eigenvalue weighted by molar-refractivity contribution is -0.135. The van der Waals surface area contributed by atoms with Crippen LogP contribution in [0.1, 0.15) is 6.42 Å². The molecule has 1 atom stereocenters. The fourth-order valence-corrected chi connectivity index (χ4v) is 3.89. The SMILES string of the molecule is O=C(COc1cccc(F)c1)N1CCCN(C(=O)C2CSCN2)CC1. The van der Waals surface area contributed by atoms with E-state index < -0.39 is 5.82 Å². The summed E-state index contributed by atoms with van der Waals surface area (Å²) in [5, 5.41) is 3.19. The third-order valence-electron chi connectivity index (χ3n) is 4.33. The second-order valence-electron chi connectivity index (χ2n) is 6.08. The molecule has 3 rings (SSSR count). The minimum Gasteiger partial charge on any atom is -0.484 e. The maximum Gasteiger partial charge on any atom is 0.260 e. The first kappa shape index (κ1) is 18.0. The first-order chi connectivity index (χ1) is 12.1. The normalized spacial score (nSPS) is 21.1. The Hall–Kier alpha value is -1.80. The molecule has 2 aliphatic rings. The summed E-state index contributed by atoms with van der Waals surface area (Å²) in [6.07, 6.45) is 0.747. The molecule has 2 aliphatic heterocycles. The number of amides is 2. The van der Waals surface area contributed by atoms with Crippen molar-refractivity contribution >= 4 is 23.6 Å². The summed E-state index contributed by atoms with van der Waals surface area (Å²) in [5.74, 6) is 1.53. The highest BCUT2D eigenvalue weighted by molar-refractivity contribution is 7.99. The first-order valence-corrected chi connectivity index (χ1v) is 9.55. The van der Waals surface area contributed by atoms with E-state index >= 15 is 0 Å². The molecule has 0 saturated carbocycles. The molecule has 1 aromatic carbocycles. The Morgan fingerprint density at radius 1 is 1.24 bits per heavy atom. The Bertz CT molecular complexity index is 625. The summed E-state index contributed by atoms with van der Waals surface area (Å²) in [6, 6.07) is 5.63. The molecule has 0 aliphatic carbocycles. The van der Waals surface area contributed by atoms with Crippen molar-refractivity contribution in [3.63, 3.8) is 0 Å². The number of halogens is 1. The van der Waals surface area contributed by atoms with Crippen molar-refractivity contribution in [1.82, 2.24) is 15.1 Å². The van der Waals surface area contributed by atoms with Gasteiger partial charge in [-0.1, -0.05) is 6.07 Å². The Kier molecular flexibility index (Phi) is 6.14. The molecule has 2 heterocycles. The van der Waals surface area contributed by atoms with Gasteiger partial charge in [-0.25, -0.2) is 4.39 Å². The molecule has 0 spiro atoms. The highest BCUT2D eigenvalue weighted by atomic mass is 32.2. The molecule has 1 aromatic rings. The van der Waals surface area contributed by atoms with E-state index in [1.165, 1.54) is 12.1 Å². The molecule has 6 nitrogen and oxygen atoms in total. The fourth-order valence-electron chi connectivity index (χ4n) is 2.95. The number of hydrogen-bond donors (Lipinski definition) is 1. The molecule has 8 heteroatoms. The van der Waals surface area contributed by atoms with Crippen molar-refractivity contribution in [2.75, 3.05) is 44.4 Å². The zero-order valence-electron chi connectivity index (χ0n) is 13.9. The lowest BCUT2D eigenvalue weighted by Gasteiger charge is -2.24. The van der Waals surface area contributed by atoms with Crippen molar-refractivity contribution in [3.05, 3.63) is 30.1 Å². The molecule has 25 heavy (non-hydrogen) atoms. The molecule has 136 valence electrons. The van der Waals surface area contributed by atoms with Gasteiger partial charge in [0.05, 0.1) is 6.04 Å². The number of ether oxygens (including phenoxy) is 1. The number of hydrogen-bond acceptors (Lipinski definition) is 5. The van der Waals surface area contributed by atoms with Crippen LogP contribution >= 0.6 is 11.8 Å². The predicted molar refractivity (Wildman–Crippen MR) is 93.9 cm³/mol. The number of carbonyl (C=O) groups excluding carboxylic acids is 2. The minimum atomic E-state index is -0.396. The van der Waals surface area contributed by atoms with Crippen LogP contribution in [0.5, 0.6) is 5.75 Å². The Morgan fingerprint density at radius 3 is 2.80 bits per heavy atom. The Morgan fingerprint density at radius 2 is 2.04 bits per heavy atom. The fraction of sp³-hybridized carbons (Fsp3) is 0.529. The number of benzene rings is 1. The second-order valence-corrected chi connectivity index (χ2v) is 7.11.